The van der Waals surface area contributed by atoms with Crippen molar-refractivity contribution in [3.05, 3.63) is 36.5 Å². The molecule has 0 aliphatic carbocycles. The molecule has 0 spiro atoms. The third kappa shape index (κ3) is 43.7. The van der Waals surface area contributed by atoms with Crippen molar-refractivity contribution in [1.82, 2.24) is 5.32 Å². The molecule has 4 unspecified atom stereocenters. The first-order valence-corrected chi connectivity index (χ1v) is 26.9. The third-order valence-corrected chi connectivity index (χ3v) is 12.5. The zero-order valence-electron chi connectivity index (χ0n) is 40.5. The van der Waals surface area contributed by atoms with Crippen LogP contribution >= 0.6 is 7.82 Å². The van der Waals surface area contributed by atoms with Gasteiger partial charge in [0.15, 0.2) is 0 Å². The van der Waals surface area contributed by atoms with Gasteiger partial charge in [0, 0.05) is 6.42 Å². The molecule has 0 aliphatic rings. The topological polar surface area (TPSA) is 125 Å². The van der Waals surface area contributed by atoms with Gasteiger partial charge in [-0.05, 0) is 51.4 Å². The quantitative estimate of drug-likeness (QED) is 0.0208. The molecular weight excluding hydrogens is 784 g/mol. The van der Waals surface area contributed by atoms with E-state index in [9.17, 15) is 24.5 Å². The summed E-state index contributed by atoms with van der Waals surface area (Å²) in [6.07, 6.45) is 49.2. The Morgan fingerprint density at radius 3 is 1.41 bits per heavy atom. The number of hydrogen-bond donors (Lipinski definition) is 4. The number of hydrogen-bond acceptors (Lipinski definition) is 6. The van der Waals surface area contributed by atoms with Crippen molar-refractivity contribution in [2.24, 2.45) is 0 Å². The van der Waals surface area contributed by atoms with E-state index in [0.717, 1.165) is 57.8 Å². The molecule has 1 amide bonds. The Labute approximate surface area is 377 Å². The number of phosphoric acid groups is 1. The third-order valence-electron chi connectivity index (χ3n) is 11.5. The second-order valence-corrected chi connectivity index (χ2v) is 20.1. The number of quaternary nitrogens is 1. The predicted octanol–water partition coefficient (Wildman–Crippen LogP) is 13.6. The zero-order chi connectivity index (χ0) is 45.1. The number of phosphoric ester groups is 1. The van der Waals surface area contributed by atoms with Crippen LogP contribution in [-0.4, -0.2) is 84.6 Å². The molecule has 0 heterocycles. The van der Waals surface area contributed by atoms with E-state index in [2.05, 4.69) is 55.6 Å². The highest BCUT2D eigenvalue weighted by atomic mass is 31.2. The highest BCUT2D eigenvalue weighted by Crippen LogP contribution is 2.43. The van der Waals surface area contributed by atoms with Crippen LogP contribution in [-0.2, 0) is 18.4 Å². The van der Waals surface area contributed by atoms with Gasteiger partial charge in [-0.15, -0.1) is 0 Å². The molecule has 0 fully saturated rings. The Kier molecular flexibility index (Phi) is 41.7. The Hall–Kier alpha value is -1.32. The molecule has 0 radical (unpaired) electrons. The lowest BCUT2D eigenvalue weighted by atomic mass is 9.99. The Morgan fingerprint density at radius 2 is 0.967 bits per heavy atom. The van der Waals surface area contributed by atoms with Crippen molar-refractivity contribution < 1.29 is 38.0 Å². The lowest BCUT2D eigenvalue weighted by Gasteiger charge is -2.28. The molecule has 0 aromatic carbocycles. The normalized spacial score (nSPS) is 15.0. The minimum absolute atomic E-state index is 0.0207. The zero-order valence-corrected chi connectivity index (χ0v) is 41.4. The summed E-state index contributed by atoms with van der Waals surface area (Å²) >= 11 is 0. The molecule has 0 aromatic heterocycles. The van der Waals surface area contributed by atoms with Crippen LogP contribution in [0.25, 0.3) is 0 Å². The van der Waals surface area contributed by atoms with Gasteiger partial charge in [0.25, 0.3) is 0 Å². The van der Waals surface area contributed by atoms with Crippen LogP contribution in [0, 0.1) is 0 Å². The second kappa shape index (κ2) is 42.6. The minimum Gasteiger partial charge on any atom is -0.390 e. The maximum Gasteiger partial charge on any atom is 0.472 e. The molecule has 0 aliphatic heterocycles. The number of unbranched alkanes of at least 4 members (excludes halogenated alkanes) is 26. The first-order chi connectivity index (χ1) is 29.4. The summed E-state index contributed by atoms with van der Waals surface area (Å²) in [5, 5.41) is 24.7. The van der Waals surface area contributed by atoms with Gasteiger partial charge in [0.2, 0.25) is 5.91 Å². The predicted molar refractivity (Wildman–Crippen MR) is 260 cm³/mol. The van der Waals surface area contributed by atoms with E-state index in [0.29, 0.717) is 17.4 Å². The first kappa shape index (κ1) is 59.7. The number of aliphatic hydroxyl groups is 2. The van der Waals surface area contributed by atoms with Gasteiger partial charge in [-0.2, -0.15) is 0 Å². The number of rotatable bonds is 46. The van der Waals surface area contributed by atoms with E-state index < -0.39 is 32.7 Å². The summed E-state index contributed by atoms with van der Waals surface area (Å²) in [6.45, 7) is 4.59. The van der Waals surface area contributed by atoms with Crippen molar-refractivity contribution in [1.29, 1.82) is 0 Å². The average Bonchev–Trinajstić information content (AvgIpc) is 3.21. The monoisotopic (exact) mass is 884 g/mol. The molecule has 61 heavy (non-hydrogen) atoms. The number of carbonyl (C=O) groups is 1. The van der Waals surface area contributed by atoms with Crippen LogP contribution in [0.1, 0.15) is 226 Å². The van der Waals surface area contributed by atoms with Crippen molar-refractivity contribution in [3.63, 3.8) is 0 Å². The Morgan fingerprint density at radius 1 is 0.574 bits per heavy atom. The fraction of sp³-hybridized carbons (Fsp3) is 0.863. The smallest absolute Gasteiger partial charge is 0.390 e. The van der Waals surface area contributed by atoms with Crippen LogP contribution in [0.3, 0.4) is 0 Å². The summed E-state index contributed by atoms with van der Waals surface area (Å²) in [6, 6.07) is -1.03. The van der Waals surface area contributed by atoms with Gasteiger partial charge >= 0.3 is 7.82 Å². The van der Waals surface area contributed by atoms with Crippen LogP contribution < -0.4 is 5.32 Å². The van der Waals surface area contributed by atoms with Gasteiger partial charge < -0.3 is 24.9 Å². The van der Waals surface area contributed by atoms with Crippen molar-refractivity contribution >= 4 is 13.7 Å². The molecular formula is C51H100N2O7P+. The number of likely N-dealkylation sites (N-methyl/N-ethyl adjacent to an activating group) is 1. The number of amides is 1. The fourth-order valence-electron chi connectivity index (χ4n) is 7.39. The summed E-state index contributed by atoms with van der Waals surface area (Å²) in [5.74, 6) is -0.262. The van der Waals surface area contributed by atoms with Gasteiger partial charge in [-0.1, -0.05) is 204 Å². The number of nitrogens with one attached hydrogen (secondary N) is 1. The lowest BCUT2D eigenvalue weighted by Crippen LogP contribution is -2.51. The maximum atomic E-state index is 13.0. The minimum atomic E-state index is -4.42. The van der Waals surface area contributed by atoms with E-state index in [4.69, 9.17) is 9.05 Å². The summed E-state index contributed by atoms with van der Waals surface area (Å²) in [7, 11) is 1.43. The summed E-state index contributed by atoms with van der Waals surface area (Å²) in [5.41, 5.74) is 0. The van der Waals surface area contributed by atoms with Crippen LogP contribution in [0.2, 0.25) is 0 Å². The number of carbonyl (C=O) groups excluding carboxylic acids is 1. The molecule has 360 valence electrons. The van der Waals surface area contributed by atoms with Gasteiger partial charge in [-0.25, -0.2) is 4.57 Å². The first-order valence-electron chi connectivity index (χ1n) is 25.4. The SMILES string of the molecule is CCCCCCC/C=C\C/C=C\C/C=C\CCCCCCCCCCCCC(=O)NC(COP(=O)(O)OCC[N+](C)(C)C)C(O)C(O)CCCCCCCCCCCCCC. The van der Waals surface area contributed by atoms with Crippen LogP contribution in [0.4, 0.5) is 0 Å². The maximum absolute atomic E-state index is 13.0. The Bertz CT molecular complexity index is 1110. The van der Waals surface area contributed by atoms with Crippen LogP contribution in [0.15, 0.2) is 36.5 Å². The second-order valence-electron chi connectivity index (χ2n) is 18.7. The van der Waals surface area contributed by atoms with Crippen LogP contribution in [0.5, 0.6) is 0 Å². The van der Waals surface area contributed by atoms with Crippen molar-refractivity contribution in [2.75, 3.05) is 40.9 Å². The molecule has 0 aromatic rings. The van der Waals surface area contributed by atoms with E-state index in [1.807, 2.05) is 21.1 Å². The van der Waals surface area contributed by atoms with Crippen molar-refractivity contribution in [3.8, 4) is 0 Å². The average molecular weight is 884 g/mol. The van der Waals surface area contributed by atoms with Crippen molar-refractivity contribution in [2.45, 2.75) is 244 Å². The van der Waals surface area contributed by atoms with Gasteiger partial charge in [-0.3, -0.25) is 13.8 Å². The molecule has 0 saturated carbocycles. The fourth-order valence-corrected chi connectivity index (χ4v) is 8.12. The Balaban J connectivity index is 4.31. The number of allylic oxidation sites excluding steroid dienone is 6. The van der Waals surface area contributed by atoms with Gasteiger partial charge in [0.1, 0.15) is 19.3 Å². The molecule has 4 N–H and O–H groups in total. The molecule has 0 bridgehead atoms. The summed E-state index contributed by atoms with van der Waals surface area (Å²) < 4.78 is 23.6. The lowest BCUT2D eigenvalue weighted by molar-refractivity contribution is -0.870. The number of nitrogens with zero attached hydrogens (tertiary/aromatic N) is 1. The molecule has 9 nitrogen and oxygen atoms in total. The molecule has 0 saturated heterocycles. The largest absolute Gasteiger partial charge is 0.472 e. The van der Waals surface area contributed by atoms with E-state index in [-0.39, 0.29) is 18.9 Å². The standard InChI is InChI=1S/C51H99N2O7P/c1-6-8-10-12-14-16-18-20-21-22-23-24-25-26-27-28-29-30-31-32-34-36-38-40-42-44-50(55)52-48(47-60-61(57,58)59-46-45-53(3,4)5)51(56)49(54)43-41-39-37-35-33-19-17-15-13-11-9-7-2/h18,20,22-23,25-26,48-49,51,54,56H,6-17,19,21,24,27-47H2,1-5H3,(H-,52,55,57,58)/p+1/b20-18-,23-22-,26-25-. The van der Waals surface area contributed by atoms with E-state index in [1.54, 1.807) is 0 Å². The summed E-state index contributed by atoms with van der Waals surface area (Å²) in [4.78, 5) is 23.2. The highest BCUT2D eigenvalue weighted by Gasteiger charge is 2.31. The molecule has 0 rings (SSSR count). The molecule has 10 heteroatoms. The van der Waals surface area contributed by atoms with E-state index in [1.165, 1.54) is 141 Å². The van der Waals surface area contributed by atoms with E-state index >= 15 is 0 Å². The number of aliphatic hydroxyl groups excluding tert-OH is 2. The highest BCUT2D eigenvalue weighted by molar-refractivity contribution is 7.47. The molecule has 4 atom stereocenters. The van der Waals surface area contributed by atoms with Gasteiger partial charge in [0.05, 0.1) is 39.9 Å².